The summed E-state index contributed by atoms with van der Waals surface area (Å²) in [5, 5.41) is 34.0. The first-order valence-electron chi connectivity index (χ1n) is 8.90. The highest BCUT2D eigenvalue weighted by atomic mass is 16.3. The summed E-state index contributed by atoms with van der Waals surface area (Å²) < 4.78 is 1.56. The van der Waals surface area contributed by atoms with E-state index in [1.165, 1.54) is 0 Å². The van der Waals surface area contributed by atoms with Gasteiger partial charge in [0, 0.05) is 7.05 Å². The molecule has 0 amide bonds. The predicted molar refractivity (Wildman–Crippen MR) is 103 cm³/mol. The molecule has 3 rings (SSSR count). The highest BCUT2D eigenvalue weighted by Crippen LogP contribution is 2.25. The minimum atomic E-state index is -0.349. The van der Waals surface area contributed by atoms with E-state index in [0.29, 0.717) is 22.9 Å². The number of rotatable bonds is 8. The highest BCUT2D eigenvalue weighted by molar-refractivity contribution is 5.83. The second-order valence-corrected chi connectivity index (χ2v) is 6.75. The average molecular weight is 371 g/mol. The van der Waals surface area contributed by atoms with Gasteiger partial charge in [-0.15, -0.1) is 5.10 Å². The van der Waals surface area contributed by atoms with E-state index >= 15 is 0 Å². The molecule has 2 heterocycles. The van der Waals surface area contributed by atoms with Crippen molar-refractivity contribution >= 4 is 22.9 Å². The molecule has 2 atom stereocenters. The molecule has 2 unspecified atom stereocenters. The first-order chi connectivity index (χ1) is 13.0. The number of hydrogen-bond donors (Lipinski definition) is 4. The standard InChI is InChI=1S/C18H25N7O2/c1-11(2)13(9-26)20-18-21-16(15-17(22-18)25(3)24-23-15)19-14(10-27)12-7-5-4-6-8-12/h4-8,11,13-14,26-27H,9-10H2,1-3H3,(H2,19,20,21,22). The van der Waals surface area contributed by atoms with Crippen molar-refractivity contribution in [2.75, 3.05) is 23.8 Å². The van der Waals surface area contributed by atoms with Crippen LogP contribution >= 0.6 is 0 Å². The fourth-order valence-electron chi connectivity index (χ4n) is 2.75. The van der Waals surface area contributed by atoms with Gasteiger partial charge in [0.2, 0.25) is 5.95 Å². The Balaban J connectivity index is 1.98. The molecular weight excluding hydrogens is 346 g/mol. The lowest BCUT2D eigenvalue weighted by Gasteiger charge is -2.21. The molecule has 144 valence electrons. The van der Waals surface area contributed by atoms with Gasteiger partial charge in [-0.25, -0.2) is 4.68 Å². The Hall–Kier alpha value is -2.78. The molecule has 0 aliphatic heterocycles. The number of benzene rings is 1. The number of fused-ring (bicyclic) bond motifs is 1. The zero-order chi connectivity index (χ0) is 19.4. The maximum Gasteiger partial charge on any atom is 0.227 e. The molecule has 0 saturated carbocycles. The summed E-state index contributed by atoms with van der Waals surface area (Å²) in [6.45, 7) is 3.88. The van der Waals surface area contributed by atoms with E-state index in [-0.39, 0.29) is 31.2 Å². The Morgan fingerprint density at radius 1 is 1.04 bits per heavy atom. The maximum absolute atomic E-state index is 9.85. The van der Waals surface area contributed by atoms with Crippen LogP contribution in [0.2, 0.25) is 0 Å². The van der Waals surface area contributed by atoms with Crippen molar-refractivity contribution in [3.05, 3.63) is 35.9 Å². The number of aryl methyl sites for hydroxylation is 1. The van der Waals surface area contributed by atoms with E-state index in [1.807, 2.05) is 44.2 Å². The molecular formula is C18H25N7O2. The molecule has 9 heteroatoms. The van der Waals surface area contributed by atoms with Crippen LogP contribution in [0, 0.1) is 5.92 Å². The Bertz CT molecular complexity index is 882. The van der Waals surface area contributed by atoms with Crippen LogP contribution in [0.5, 0.6) is 0 Å². The van der Waals surface area contributed by atoms with E-state index in [2.05, 4.69) is 30.9 Å². The maximum atomic E-state index is 9.85. The molecule has 4 N–H and O–H groups in total. The average Bonchev–Trinajstić information content (AvgIpc) is 3.05. The number of aliphatic hydroxyl groups is 2. The van der Waals surface area contributed by atoms with Crippen LogP contribution in [0.3, 0.4) is 0 Å². The number of aliphatic hydroxyl groups excluding tert-OH is 2. The Kier molecular flexibility index (Phi) is 5.82. The van der Waals surface area contributed by atoms with Gasteiger partial charge in [0.15, 0.2) is 17.0 Å². The molecule has 0 fully saturated rings. The molecule has 0 bridgehead atoms. The van der Waals surface area contributed by atoms with E-state index in [0.717, 1.165) is 5.56 Å². The van der Waals surface area contributed by atoms with E-state index < -0.39 is 0 Å². The predicted octanol–water partition coefficient (Wildman–Crippen LogP) is 1.33. The second-order valence-electron chi connectivity index (χ2n) is 6.75. The van der Waals surface area contributed by atoms with Gasteiger partial charge in [0.05, 0.1) is 25.3 Å². The van der Waals surface area contributed by atoms with Crippen LogP contribution < -0.4 is 10.6 Å². The molecule has 9 nitrogen and oxygen atoms in total. The van der Waals surface area contributed by atoms with Crippen molar-refractivity contribution in [1.29, 1.82) is 0 Å². The molecule has 0 aliphatic rings. The Morgan fingerprint density at radius 2 is 1.78 bits per heavy atom. The van der Waals surface area contributed by atoms with Gasteiger partial charge in [0.25, 0.3) is 0 Å². The van der Waals surface area contributed by atoms with Crippen molar-refractivity contribution in [2.45, 2.75) is 25.9 Å². The van der Waals surface area contributed by atoms with Crippen molar-refractivity contribution < 1.29 is 10.2 Å². The normalized spacial score (nSPS) is 13.7. The zero-order valence-corrected chi connectivity index (χ0v) is 15.7. The van der Waals surface area contributed by atoms with Crippen LogP contribution in [-0.2, 0) is 7.05 Å². The molecule has 27 heavy (non-hydrogen) atoms. The third kappa shape index (κ3) is 4.15. The van der Waals surface area contributed by atoms with Crippen molar-refractivity contribution in [2.24, 2.45) is 13.0 Å². The number of nitrogens with zero attached hydrogens (tertiary/aromatic N) is 5. The van der Waals surface area contributed by atoms with E-state index in [1.54, 1.807) is 11.7 Å². The first kappa shape index (κ1) is 19.0. The van der Waals surface area contributed by atoms with Crippen LogP contribution in [0.25, 0.3) is 11.2 Å². The topological polar surface area (TPSA) is 121 Å². The minimum Gasteiger partial charge on any atom is -0.394 e. The number of anilines is 2. The lowest BCUT2D eigenvalue weighted by atomic mass is 10.1. The van der Waals surface area contributed by atoms with Gasteiger partial charge >= 0.3 is 0 Å². The Morgan fingerprint density at radius 3 is 2.41 bits per heavy atom. The summed E-state index contributed by atoms with van der Waals surface area (Å²) in [4.78, 5) is 9.00. The SMILES string of the molecule is CC(C)C(CO)Nc1nc(NC(CO)c2ccccc2)c2nnn(C)c2n1. The summed E-state index contributed by atoms with van der Waals surface area (Å²) in [5.74, 6) is 1.04. The van der Waals surface area contributed by atoms with Gasteiger partial charge in [-0.05, 0) is 11.5 Å². The highest BCUT2D eigenvalue weighted by Gasteiger charge is 2.20. The summed E-state index contributed by atoms with van der Waals surface area (Å²) in [5.41, 5.74) is 2.00. The van der Waals surface area contributed by atoms with Gasteiger partial charge in [-0.2, -0.15) is 9.97 Å². The van der Waals surface area contributed by atoms with Gasteiger partial charge in [-0.3, -0.25) is 0 Å². The monoisotopic (exact) mass is 371 g/mol. The number of nitrogens with one attached hydrogen (secondary N) is 2. The fourth-order valence-corrected chi connectivity index (χ4v) is 2.75. The van der Waals surface area contributed by atoms with Crippen LogP contribution in [0.1, 0.15) is 25.5 Å². The smallest absolute Gasteiger partial charge is 0.227 e. The third-order valence-corrected chi connectivity index (χ3v) is 4.46. The first-order valence-corrected chi connectivity index (χ1v) is 8.90. The zero-order valence-electron chi connectivity index (χ0n) is 15.7. The number of hydrogen-bond acceptors (Lipinski definition) is 8. The van der Waals surface area contributed by atoms with Crippen LogP contribution in [0.15, 0.2) is 30.3 Å². The fraction of sp³-hybridized carbons (Fsp3) is 0.444. The van der Waals surface area contributed by atoms with Crippen molar-refractivity contribution in [3.8, 4) is 0 Å². The van der Waals surface area contributed by atoms with Gasteiger partial charge in [-0.1, -0.05) is 49.4 Å². The van der Waals surface area contributed by atoms with E-state index in [4.69, 9.17) is 0 Å². The third-order valence-electron chi connectivity index (χ3n) is 4.46. The molecule has 2 aromatic heterocycles. The largest absolute Gasteiger partial charge is 0.394 e. The summed E-state index contributed by atoms with van der Waals surface area (Å²) in [6.07, 6.45) is 0. The van der Waals surface area contributed by atoms with Crippen molar-refractivity contribution in [1.82, 2.24) is 25.0 Å². The lowest BCUT2D eigenvalue weighted by Crippen LogP contribution is -2.30. The molecule has 1 aromatic carbocycles. The van der Waals surface area contributed by atoms with Crippen LogP contribution in [0.4, 0.5) is 11.8 Å². The van der Waals surface area contributed by atoms with Crippen LogP contribution in [-0.4, -0.2) is 54.4 Å². The lowest BCUT2D eigenvalue weighted by molar-refractivity contribution is 0.248. The molecule has 0 radical (unpaired) electrons. The van der Waals surface area contributed by atoms with Crippen molar-refractivity contribution in [3.63, 3.8) is 0 Å². The summed E-state index contributed by atoms with van der Waals surface area (Å²) in [7, 11) is 1.75. The number of aromatic nitrogens is 5. The minimum absolute atomic E-state index is 0.0330. The molecule has 0 aliphatic carbocycles. The molecule has 0 saturated heterocycles. The Labute approximate surface area is 157 Å². The summed E-state index contributed by atoms with van der Waals surface area (Å²) in [6, 6.07) is 9.09. The molecule has 0 spiro atoms. The van der Waals surface area contributed by atoms with Gasteiger partial charge in [0.1, 0.15) is 0 Å². The second kappa shape index (κ2) is 8.28. The quantitative estimate of drug-likeness (QED) is 0.468. The van der Waals surface area contributed by atoms with E-state index in [9.17, 15) is 10.2 Å². The summed E-state index contributed by atoms with van der Waals surface area (Å²) >= 11 is 0. The molecule has 3 aromatic rings. The van der Waals surface area contributed by atoms with Gasteiger partial charge < -0.3 is 20.8 Å².